The van der Waals surface area contributed by atoms with Crippen LogP contribution in [0.4, 0.5) is 0 Å². The van der Waals surface area contributed by atoms with Crippen molar-refractivity contribution in [3.05, 3.63) is 99.6 Å². The molecule has 0 aliphatic rings. The van der Waals surface area contributed by atoms with Gasteiger partial charge < -0.3 is 26.0 Å². The maximum atomic E-state index is 12.7. The van der Waals surface area contributed by atoms with Crippen LogP contribution in [0, 0.1) is 13.8 Å². The first-order valence-electron chi connectivity index (χ1n) is 12.4. The van der Waals surface area contributed by atoms with E-state index in [1.54, 1.807) is 12.1 Å². The first-order valence-corrected chi connectivity index (χ1v) is 12.4. The van der Waals surface area contributed by atoms with Gasteiger partial charge in [0.25, 0.3) is 5.91 Å². The van der Waals surface area contributed by atoms with Crippen LogP contribution in [0.3, 0.4) is 0 Å². The molecule has 0 spiro atoms. The van der Waals surface area contributed by atoms with Crippen LogP contribution in [0.2, 0.25) is 0 Å². The molecule has 0 aliphatic carbocycles. The number of phenols is 1. The normalized spacial score (nSPS) is 12.4. The minimum atomic E-state index is -0.788. The third-order valence-corrected chi connectivity index (χ3v) is 6.45. The number of aliphatic hydroxyl groups is 2. The molecule has 6 nitrogen and oxygen atoms in total. The van der Waals surface area contributed by atoms with E-state index in [9.17, 15) is 20.1 Å². The molecule has 192 valence electrons. The summed E-state index contributed by atoms with van der Waals surface area (Å²) in [6.07, 6.45) is 0.669. The SMILES string of the molecule is Cc1ccc(CCNC(=O)c2cccc(CC(C)(C)NC[C@@H](O)c3ccc(O)c(CO)c3)c2)c(C)c1. The molecule has 5 N–H and O–H groups in total. The summed E-state index contributed by atoms with van der Waals surface area (Å²) in [6, 6.07) is 18.7. The van der Waals surface area contributed by atoms with Crippen LogP contribution in [-0.2, 0) is 19.4 Å². The van der Waals surface area contributed by atoms with E-state index in [1.165, 1.54) is 22.8 Å². The predicted molar refractivity (Wildman–Crippen MR) is 143 cm³/mol. The van der Waals surface area contributed by atoms with Crippen molar-refractivity contribution in [3.63, 3.8) is 0 Å². The number of benzene rings is 3. The zero-order valence-corrected chi connectivity index (χ0v) is 21.6. The molecule has 1 amide bonds. The zero-order valence-electron chi connectivity index (χ0n) is 21.6. The molecule has 0 unspecified atom stereocenters. The quantitative estimate of drug-likeness (QED) is 0.278. The Kier molecular flexibility index (Phi) is 9.26. The van der Waals surface area contributed by atoms with Crippen molar-refractivity contribution in [2.75, 3.05) is 13.1 Å². The van der Waals surface area contributed by atoms with Crippen LogP contribution < -0.4 is 10.6 Å². The lowest BCUT2D eigenvalue weighted by Gasteiger charge is -2.28. The Morgan fingerprint density at radius 1 is 1.00 bits per heavy atom. The number of aliphatic hydroxyl groups excluding tert-OH is 2. The molecule has 0 aliphatic heterocycles. The van der Waals surface area contributed by atoms with Crippen molar-refractivity contribution in [2.24, 2.45) is 0 Å². The van der Waals surface area contributed by atoms with Crippen LogP contribution in [0.5, 0.6) is 5.75 Å². The number of rotatable bonds is 11. The Labute approximate surface area is 214 Å². The molecule has 6 heteroatoms. The molecule has 0 fully saturated rings. The van der Waals surface area contributed by atoms with Gasteiger partial charge in [0.15, 0.2) is 0 Å². The van der Waals surface area contributed by atoms with Crippen molar-refractivity contribution in [1.82, 2.24) is 10.6 Å². The minimum Gasteiger partial charge on any atom is -0.508 e. The summed E-state index contributed by atoms with van der Waals surface area (Å²) in [4.78, 5) is 12.7. The molecule has 0 radical (unpaired) electrons. The molecule has 1 atom stereocenters. The standard InChI is InChI=1S/C30H38N2O4/c1-20-8-9-23(21(2)14-20)12-13-31-29(36)25-7-5-6-22(15-25)17-30(3,4)32-18-28(35)24-10-11-27(34)26(16-24)19-33/h5-11,14-16,28,32-35H,12-13,17-19H2,1-4H3,(H,31,36)/t28-/m1/s1. The third-order valence-electron chi connectivity index (χ3n) is 6.45. The van der Waals surface area contributed by atoms with Gasteiger partial charge in [0.1, 0.15) is 5.75 Å². The predicted octanol–water partition coefficient (Wildman–Crippen LogP) is 4.12. The Morgan fingerprint density at radius 2 is 1.78 bits per heavy atom. The number of aryl methyl sites for hydroxylation is 2. The fraction of sp³-hybridized carbons (Fsp3) is 0.367. The molecule has 36 heavy (non-hydrogen) atoms. The lowest BCUT2D eigenvalue weighted by atomic mass is 9.93. The molecule has 0 heterocycles. The summed E-state index contributed by atoms with van der Waals surface area (Å²) in [6.45, 7) is 8.86. The fourth-order valence-corrected chi connectivity index (χ4v) is 4.36. The van der Waals surface area contributed by atoms with Gasteiger partial charge in [-0.3, -0.25) is 4.79 Å². The molecule has 0 saturated carbocycles. The number of carbonyl (C=O) groups is 1. The van der Waals surface area contributed by atoms with Crippen LogP contribution >= 0.6 is 0 Å². The Balaban J connectivity index is 1.54. The summed E-state index contributed by atoms with van der Waals surface area (Å²) in [5.74, 6) is -0.0780. The number of aromatic hydroxyl groups is 1. The van der Waals surface area contributed by atoms with Crippen molar-refractivity contribution in [2.45, 2.75) is 58.8 Å². The first-order chi connectivity index (χ1) is 17.1. The third kappa shape index (κ3) is 7.65. The lowest BCUT2D eigenvalue weighted by molar-refractivity contribution is 0.0954. The highest BCUT2D eigenvalue weighted by molar-refractivity contribution is 5.94. The van der Waals surface area contributed by atoms with E-state index < -0.39 is 6.10 Å². The molecule has 0 saturated heterocycles. The summed E-state index contributed by atoms with van der Waals surface area (Å²) in [5, 5.41) is 36.1. The van der Waals surface area contributed by atoms with E-state index >= 15 is 0 Å². The molecular formula is C30H38N2O4. The van der Waals surface area contributed by atoms with Crippen molar-refractivity contribution in [1.29, 1.82) is 0 Å². The van der Waals surface area contributed by atoms with Gasteiger partial charge in [-0.2, -0.15) is 0 Å². The summed E-state index contributed by atoms with van der Waals surface area (Å²) < 4.78 is 0. The van der Waals surface area contributed by atoms with E-state index in [4.69, 9.17) is 0 Å². The number of hydrogen-bond acceptors (Lipinski definition) is 5. The second-order valence-electron chi connectivity index (χ2n) is 10.1. The minimum absolute atomic E-state index is 0.0101. The van der Waals surface area contributed by atoms with E-state index in [0.29, 0.717) is 36.2 Å². The topological polar surface area (TPSA) is 102 Å². The number of amides is 1. The van der Waals surface area contributed by atoms with Gasteiger partial charge in [-0.25, -0.2) is 0 Å². The van der Waals surface area contributed by atoms with Crippen LogP contribution in [0.1, 0.15) is 63.7 Å². The zero-order chi connectivity index (χ0) is 26.3. The average Bonchev–Trinajstić information content (AvgIpc) is 2.84. The molecule has 0 bridgehead atoms. The van der Waals surface area contributed by atoms with Crippen LogP contribution in [-0.4, -0.2) is 39.9 Å². The highest BCUT2D eigenvalue weighted by atomic mass is 16.3. The van der Waals surface area contributed by atoms with Crippen LogP contribution in [0.15, 0.2) is 60.7 Å². The number of hydrogen-bond donors (Lipinski definition) is 5. The smallest absolute Gasteiger partial charge is 0.251 e. The van der Waals surface area contributed by atoms with Gasteiger partial charge in [0.05, 0.1) is 12.7 Å². The Morgan fingerprint density at radius 3 is 2.50 bits per heavy atom. The lowest BCUT2D eigenvalue weighted by Crippen LogP contribution is -2.43. The van der Waals surface area contributed by atoms with Crippen LogP contribution in [0.25, 0.3) is 0 Å². The van der Waals surface area contributed by atoms with Gasteiger partial charge in [-0.15, -0.1) is 0 Å². The fourth-order valence-electron chi connectivity index (χ4n) is 4.36. The van der Waals surface area contributed by atoms with Gasteiger partial charge in [-0.05, 0) is 87.1 Å². The highest BCUT2D eigenvalue weighted by Crippen LogP contribution is 2.23. The van der Waals surface area contributed by atoms with Gasteiger partial charge in [0, 0.05) is 29.8 Å². The highest BCUT2D eigenvalue weighted by Gasteiger charge is 2.21. The monoisotopic (exact) mass is 490 g/mol. The van der Waals surface area contributed by atoms with E-state index in [1.807, 2.05) is 38.1 Å². The van der Waals surface area contributed by atoms with Crippen molar-refractivity contribution < 1.29 is 20.1 Å². The van der Waals surface area contributed by atoms with Gasteiger partial charge >= 0.3 is 0 Å². The first kappa shape index (κ1) is 27.4. The summed E-state index contributed by atoms with van der Waals surface area (Å²) in [7, 11) is 0. The number of nitrogens with one attached hydrogen (secondary N) is 2. The summed E-state index contributed by atoms with van der Waals surface area (Å²) in [5.41, 5.74) is 6.04. The molecule has 0 aromatic heterocycles. The maximum Gasteiger partial charge on any atom is 0.251 e. The van der Waals surface area contributed by atoms with E-state index in [2.05, 4.69) is 42.7 Å². The van der Waals surface area contributed by atoms with E-state index in [-0.39, 0.29) is 23.8 Å². The molecular weight excluding hydrogens is 452 g/mol. The largest absolute Gasteiger partial charge is 0.508 e. The number of carbonyl (C=O) groups excluding carboxylic acids is 1. The molecule has 3 aromatic rings. The van der Waals surface area contributed by atoms with E-state index in [0.717, 1.165) is 12.0 Å². The van der Waals surface area contributed by atoms with Gasteiger partial charge in [0.2, 0.25) is 0 Å². The Bertz CT molecular complexity index is 1190. The summed E-state index contributed by atoms with van der Waals surface area (Å²) >= 11 is 0. The van der Waals surface area contributed by atoms with Crippen molar-refractivity contribution >= 4 is 5.91 Å². The second kappa shape index (κ2) is 12.2. The average molecular weight is 491 g/mol. The second-order valence-corrected chi connectivity index (χ2v) is 10.1. The Hall–Kier alpha value is -3.19. The van der Waals surface area contributed by atoms with Gasteiger partial charge in [-0.1, -0.05) is 42.0 Å². The molecule has 3 rings (SSSR count). The number of β-amino-alcohol motifs (C(OH)–C–C–N with tert-alkyl or cyclic N) is 1. The maximum absolute atomic E-state index is 12.7. The molecule has 3 aromatic carbocycles. The van der Waals surface area contributed by atoms with Crippen molar-refractivity contribution in [3.8, 4) is 5.75 Å².